The number of aryl methyl sites for hydroxylation is 1. The molecule has 1 rings (SSSR count). The Kier molecular flexibility index (Phi) is 4.85. The molecule has 0 aliphatic rings. The van der Waals surface area contributed by atoms with E-state index in [1.54, 1.807) is 0 Å². The number of likely N-dealkylation sites (N-methyl/N-ethyl adjacent to an activating group) is 1. The molecule has 2 N–H and O–H groups in total. The summed E-state index contributed by atoms with van der Waals surface area (Å²) in [6.45, 7) is 6.10. The van der Waals surface area contributed by atoms with E-state index >= 15 is 0 Å². The van der Waals surface area contributed by atoms with E-state index in [0.29, 0.717) is 6.04 Å². The normalized spacial score (nSPS) is 13.4. The molecule has 0 aliphatic carbocycles. The molecule has 0 bridgehead atoms. The van der Waals surface area contributed by atoms with Crippen molar-refractivity contribution in [3.05, 3.63) is 23.7 Å². The van der Waals surface area contributed by atoms with E-state index < -0.39 is 0 Å². The molecule has 1 aromatic heterocycles. The molecule has 1 aromatic rings. The van der Waals surface area contributed by atoms with Gasteiger partial charge in [-0.05, 0) is 46.0 Å². The van der Waals surface area contributed by atoms with Gasteiger partial charge in [0, 0.05) is 19.0 Å². The summed E-state index contributed by atoms with van der Waals surface area (Å²) < 4.78 is 5.51. The van der Waals surface area contributed by atoms with Gasteiger partial charge in [-0.2, -0.15) is 0 Å². The van der Waals surface area contributed by atoms with Crippen LogP contribution in [0.2, 0.25) is 0 Å². The number of nitrogens with two attached hydrogens (primary N) is 1. The summed E-state index contributed by atoms with van der Waals surface area (Å²) >= 11 is 0. The van der Waals surface area contributed by atoms with Crippen LogP contribution in [0, 0.1) is 6.92 Å². The van der Waals surface area contributed by atoms with E-state index in [-0.39, 0.29) is 0 Å². The minimum atomic E-state index is 0.290. The van der Waals surface area contributed by atoms with Gasteiger partial charge < -0.3 is 15.1 Å². The molecule has 15 heavy (non-hydrogen) atoms. The summed E-state index contributed by atoms with van der Waals surface area (Å²) in [7, 11) is 2.12. The highest BCUT2D eigenvalue weighted by Gasteiger charge is 2.03. The van der Waals surface area contributed by atoms with E-state index in [1.807, 2.05) is 19.9 Å². The molecule has 1 unspecified atom stereocenters. The summed E-state index contributed by atoms with van der Waals surface area (Å²) in [5, 5.41) is 0. The zero-order valence-electron chi connectivity index (χ0n) is 9.99. The van der Waals surface area contributed by atoms with Gasteiger partial charge in [0.25, 0.3) is 0 Å². The summed E-state index contributed by atoms with van der Waals surface area (Å²) in [5.74, 6) is 2.06. The van der Waals surface area contributed by atoms with Crippen LogP contribution in [-0.4, -0.2) is 31.1 Å². The Morgan fingerprint density at radius 3 is 2.67 bits per heavy atom. The molecule has 0 aromatic carbocycles. The van der Waals surface area contributed by atoms with Gasteiger partial charge >= 0.3 is 0 Å². The first-order valence-corrected chi connectivity index (χ1v) is 5.57. The lowest BCUT2D eigenvalue weighted by Gasteiger charge is -2.16. The molecular weight excluding hydrogens is 188 g/mol. The Morgan fingerprint density at radius 2 is 2.13 bits per heavy atom. The summed E-state index contributed by atoms with van der Waals surface area (Å²) in [4.78, 5) is 2.29. The monoisotopic (exact) mass is 210 g/mol. The second-order valence-corrected chi connectivity index (χ2v) is 4.33. The molecule has 0 aliphatic heterocycles. The fourth-order valence-electron chi connectivity index (χ4n) is 1.46. The number of hydrogen-bond acceptors (Lipinski definition) is 3. The maximum Gasteiger partial charge on any atom is 0.105 e. The van der Waals surface area contributed by atoms with E-state index in [1.165, 1.54) is 0 Å². The molecule has 0 fully saturated rings. The minimum absolute atomic E-state index is 0.290. The Bertz CT molecular complexity index is 281. The maximum absolute atomic E-state index is 5.71. The molecule has 0 saturated carbocycles. The fourth-order valence-corrected chi connectivity index (χ4v) is 1.46. The lowest BCUT2D eigenvalue weighted by atomic mass is 10.2. The van der Waals surface area contributed by atoms with Gasteiger partial charge in [0.15, 0.2) is 0 Å². The van der Waals surface area contributed by atoms with Crippen LogP contribution in [0.3, 0.4) is 0 Å². The molecule has 1 atom stereocenters. The fraction of sp³-hybridized carbons (Fsp3) is 0.667. The lowest BCUT2D eigenvalue weighted by Crippen LogP contribution is -2.27. The molecular formula is C12H22N2O. The van der Waals surface area contributed by atoms with Gasteiger partial charge in [0.05, 0.1) is 0 Å². The van der Waals surface area contributed by atoms with Crippen LogP contribution in [0.4, 0.5) is 0 Å². The average molecular weight is 210 g/mol. The second kappa shape index (κ2) is 5.93. The van der Waals surface area contributed by atoms with Crippen molar-refractivity contribution in [2.75, 3.05) is 20.1 Å². The quantitative estimate of drug-likeness (QED) is 0.778. The number of rotatable bonds is 6. The average Bonchev–Trinajstić information content (AvgIpc) is 2.58. The van der Waals surface area contributed by atoms with Crippen LogP contribution >= 0.6 is 0 Å². The van der Waals surface area contributed by atoms with E-state index in [2.05, 4.69) is 18.0 Å². The van der Waals surface area contributed by atoms with Crippen molar-refractivity contribution >= 4 is 0 Å². The summed E-state index contributed by atoms with van der Waals surface area (Å²) in [5.41, 5.74) is 5.71. The zero-order valence-corrected chi connectivity index (χ0v) is 9.99. The van der Waals surface area contributed by atoms with Crippen molar-refractivity contribution < 1.29 is 4.42 Å². The largest absolute Gasteiger partial charge is 0.466 e. The van der Waals surface area contributed by atoms with Crippen molar-refractivity contribution in [3.63, 3.8) is 0 Å². The van der Waals surface area contributed by atoms with Gasteiger partial charge in [-0.25, -0.2) is 0 Å². The van der Waals surface area contributed by atoms with Crippen molar-refractivity contribution in [3.8, 4) is 0 Å². The first-order chi connectivity index (χ1) is 7.08. The van der Waals surface area contributed by atoms with Gasteiger partial charge in [-0.3, -0.25) is 0 Å². The topological polar surface area (TPSA) is 42.4 Å². The van der Waals surface area contributed by atoms with E-state index in [4.69, 9.17) is 10.2 Å². The Labute approximate surface area is 92.2 Å². The predicted octanol–water partition coefficient (Wildman–Crippen LogP) is 1.80. The van der Waals surface area contributed by atoms with Gasteiger partial charge in [0.2, 0.25) is 0 Å². The van der Waals surface area contributed by atoms with Crippen molar-refractivity contribution in [2.45, 2.75) is 32.7 Å². The molecule has 0 spiro atoms. The molecule has 3 heteroatoms. The molecule has 0 radical (unpaired) electrons. The molecule has 1 heterocycles. The van der Waals surface area contributed by atoms with Crippen LogP contribution < -0.4 is 5.73 Å². The predicted molar refractivity (Wildman–Crippen MR) is 62.9 cm³/mol. The summed E-state index contributed by atoms with van der Waals surface area (Å²) in [6.07, 6.45) is 2.02. The Hall–Kier alpha value is -0.800. The van der Waals surface area contributed by atoms with E-state index in [0.717, 1.165) is 37.5 Å². The van der Waals surface area contributed by atoms with Gasteiger partial charge in [0.1, 0.15) is 11.5 Å². The maximum atomic E-state index is 5.71. The van der Waals surface area contributed by atoms with Crippen LogP contribution in [0.15, 0.2) is 16.5 Å². The Balaban J connectivity index is 2.19. The lowest BCUT2D eigenvalue weighted by molar-refractivity contribution is 0.314. The number of hydrogen-bond donors (Lipinski definition) is 1. The highest BCUT2D eigenvalue weighted by atomic mass is 16.3. The number of nitrogens with zero attached hydrogens (tertiary/aromatic N) is 1. The second-order valence-electron chi connectivity index (χ2n) is 4.33. The smallest absolute Gasteiger partial charge is 0.105 e. The van der Waals surface area contributed by atoms with Crippen molar-refractivity contribution in [1.29, 1.82) is 0 Å². The molecule has 3 nitrogen and oxygen atoms in total. The van der Waals surface area contributed by atoms with Gasteiger partial charge in [-0.15, -0.1) is 0 Å². The standard InChI is InChI=1S/C12H22N2O/c1-10(13)6-8-14(3)9-7-12-5-4-11(2)15-12/h4-5,10H,6-9,13H2,1-3H3. The molecule has 0 saturated heterocycles. The third-order valence-corrected chi connectivity index (χ3v) is 2.50. The first-order valence-electron chi connectivity index (χ1n) is 5.57. The highest BCUT2D eigenvalue weighted by Crippen LogP contribution is 2.07. The van der Waals surface area contributed by atoms with Crippen LogP contribution in [0.25, 0.3) is 0 Å². The number of furan rings is 1. The van der Waals surface area contributed by atoms with Crippen LogP contribution in [0.1, 0.15) is 24.9 Å². The minimum Gasteiger partial charge on any atom is -0.466 e. The highest BCUT2D eigenvalue weighted by molar-refractivity contribution is 5.05. The van der Waals surface area contributed by atoms with Crippen LogP contribution in [0.5, 0.6) is 0 Å². The molecule has 86 valence electrons. The summed E-state index contributed by atoms with van der Waals surface area (Å²) in [6, 6.07) is 4.35. The third kappa shape index (κ3) is 5.00. The van der Waals surface area contributed by atoms with E-state index in [9.17, 15) is 0 Å². The van der Waals surface area contributed by atoms with Crippen molar-refractivity contribution in [1.82, 2.24) is 4.90 Å². The zero-order chi connectivity index (χ0) is 11.3. The van der Waals surface area contributed by atoms with Gasteiger partial charge in [-0.1, -0.05) is 0 Å². The SMILES string of the molecule is Cc1ccc(CCN(C)CCC(C)N)o1. The third-order valence-electron chi connectivity index (χ3n) is 2.50. The van der Waals surface area contributed by atoms with Crippen LogP contribution in [-0.2, 0) is 6.42 Å². The Morgan fingerprint density at radius 1 is 1.40 bits per heavy atom. The first kappa shape index (κ1) is 12.3. The van der Waals surface area contributed by atoms with Crippen molar-refractivity contribution in [2.24, 2.45) is 5.73 Å². The molecule has 0 amide bonds.